The Morgan fingerprint density at radius 3 is 2.00 bits per heavy atom. The van der Waals surface area contributed by atoms with Gasteiger partial charge in [-0.05, 0) is 12.8 Å². The minimum absolute atomic E-state index is 0.191. The van der Waals surface area contributed by atoms with E-state index in [0.29, 0.717) is 0 Å². The highest BCUT2D eigenvalue weighted by molar-refractivity contribution is 5.98. The molecular formula is C7H11OSi. The van der Waals surface area contributed by atoms with Crippen molar-refractivity contribution in [3.8, 4) is 0 Å². The van der Waals surface area contributed by atoms with Crippen LogP contribution in [0.3, 0.4) is 0 Å². The second kappa shape index (κ2) is 5.79. The van der Waals surface area contributed by atoms with E-state index in [1.807, 2.05) is 12.2 Å². The van der Waals surface area contributed by atoms with E-state index in [9.17, 15) is 0 Å². The van der Waals surface area contributed by atoms with Gasteiger partial charge in [0.05, 0.1) is 6.10 Å². The van der Waals surface area contributed by atoms with Crippen LogP contribution >= 0.6 is 0 Å². The lowest BCUT2D eigenvalue weighted by Crippen LogP contribution is -2.07. The van der Waals surface area contributed by atoms with Crippen molar-refractivity contribution in [2.75, 3.05) is 0 Å². The molecule has 0 fully saturated rings. The standard InChI is InChI=1S/C7H11OSi/c1-3-5-7(8-9)6-4-2/h3-4,7H,1-2,5-6H2. The Hall–Kier alpha value is -0.343. The van der Waals surface area contributed by atoms with Crippen LogP contribution in [0.25, 0.3) is 0 Å². The van der Waals surface area contributed by atoms with E-state index in [4.69, 9.17) is 4.43 Å². The van der Waals surface area contributed by atoms with E-state index >= 15 is 0 Å². The van der Waals surface area contributed by atoms with Gasteiger partial charge in [0.15, 0.2) is 0 Å². The highest BCUT2D eigenvalue weighted by atomic mass is 28.2. The quantitative estimate of drug-likeness (QED) is 0.415. The maximum Gasteiger partial charge on any atom is 0.246 e. The van der Waals surface area contributed by atoms with Crippen LogP contribution in [0.1, 0.15) is 12.8 Å². The summed E-state index contributed by atoms with van der Waals surface area (Å²) in [6, 6.07) is 0. The van der Waals surface area contributed by atoms with Gasteiger partial charge in [-0.25, -0.2) is 0 Å². The van der Waals surface area contributed by atoms with E-state index in [1.165, 1.54) is 0 Å². The zero-order chi connectivity index (χ0) is 7.11. The summed E-state index contributed by atoms with van der Waals surface area (Å²) in [4.78, 5) is 0. The lowest BCUT2D eigenvalue weighted by atomic mass is 10.2. The zero-order valence-corrected chi connectivity index (χ0v) is 6.47. The Bertz CT molecular complexity index is 80.9. The third-order valence-electron chi connectivity index (χ3n) is 1.03. The van der Waals surface area contributed by atoms with Gasteiger partial charge in [0.25, 0.3) is 0 Å². The topological polar surface area (TPSA) is 9.23 Å². The highest BCUT2D eigenvalue weighted by Crippen LogP contribution is 2.02. The number of hydrogen-bond acceptors (Lipinski definition) is 1. The van der Waals surface area contributed by atoms with E-state index in [2.05, 4.69) is 23.6 Å². The molecule has 0 amide bonds. The first-order valence-corrected chi connectivity index (χ1v) is 3.30. The molecule has 0 heterocycles. The summed E-state index contributed by atoms with van der Waals surface area (Å²) in [5.41, 5.74) is 0. The molecule has 0 aliphatic rings. The molecule has 0 spiro atoms. The Kier molecular flexibility index (Phi) is 5.57. The molecule has 0 bridgehead atoms. The molecule has 0 aromatic rings. The molecule has 0 aliphatic heterocycles. The first-order valence-electron chi connectivity index (χ1n) is 2.89. The van der Waals surface area contributed by atoms with Crippen molar-refractivity contribution in [3.63, 3.8) is 0 Å². The van der Waals surface area contributed by atoms with Crippen LogP contribution in [-0.2, 0) is 4.43 Å². The van der Waals surface area contributed by atoms with Crippen molar-refractivity contribution < 1.29 is 4.43 Å². The van der Waals surface area contributed by atoms with Crippen molar-refractivity contribution in [1.82, 2.24) is 0 Å². The largest absolute Gasteiger partial charge is 0.415 e. The molecule has 49 valence electrons. The molecule has 9 heavy (non-hydrogen) atoms. The molecule has 1 nitrogen and oxygen atoms in total. The minimum atomic E-state index is 0.191. The SMILES string of the molecule is C=CCC(CC=C)O[Si]. The van der Waals surface area contributed by atoms with Gasteiger partial charge in [-0.1, -0.05) is 12.2 Å². The second-order valence-corrected chi connectivity index (χ2v) is 2.02. The lowest BCUT2D eigenvalue weighted by Gasteiger charge is -2.08. The monoisotopic (exact) mass is 139 g/mol. The van der Waals surface area contributed by atoms with E-state index in [1.54, 1.807) is 0 Å². The first kappa shape index (κ1) is 8.66. The van der Waals surface area contributed by atoms with Crippen molar-refractivity contribution in [2.24, 2.45) is 0 Å². The fraction of sp³-hybridized carbons (Fsp3) is 0.429. The summed E-state index contributed by atoms with van der Waals surface area (Å²) < 4.78 is 4.89. The Labute approximate surface area is 60.0 Å². The van der Waals surface area contributed by atoms with Gasteiger partial charge in [-0.2, -0.15) is 0 Å². The smallest absolute Gasteiger partial charge is 0.246 e. The number of rotatable bonds is 5. The van der Waals surface area contributed by atoms with E-state index in [0.717, 1.165) is 12.8 Å². The van der Waals surface area contributed by atoms with Gasteiger partial charge >= 0.3 is 0 Å². The summed E-state index contributed by atoms with van der Waals surface area (Å²) in [7, 11) is 2.97. The maximum atomic E-state index is 4.89. The van der Waals surface area contributed by atoms with Crippen LogP contribution in [0.2, 0.25) is 0 Å². The molecule has 3 radical (unpaired) electrons. The third-order valence-corrected chi connectivity index (χ3v) is 1.36. The molecule has 2 heteroatoms. The van der Waals surface area contributed by atoms with Crippen molar-refractivity contribution in [3.05, 3.63) is 25.3 Å². The predicted molar refractivity (Wildman–Crippen MR) is 40.3 cm³/mol. The van der Waals surface area contributed by atoms with E-state index < -0.39 is 0 Å². The number of hydrogen-bond donors (Lipinski definition) is 0. The molecule has 0 N–H and O–H groups in total. The highest BCUT2D eigenvalue weighted by Gasteiger charge is 1.99. The molecule has 0 unspecified atom stereocenters. The van der Waals surface area contributed by atoms with Crippen LogP contribution in [0, 0.1) is 0 Å². The van der Waals surface area contributed by atoms with Crippen LogP contribution in [0.15, 0.2) is 25.3 Å². The third kappa shape index (κ3) is 4.18. The average molecular weight is 139 g/mol. The van der Waals surface area contributed by atoms with Gasteiger partial charge in [-0.3, -0.25) is 0 Å². The Morgan fingerprint density at radius 2 is 1.78 bits per heavy atom. The Balaban J connectivity index is 3.39. The molecule has 0 aliphatic carbocycles. The summed E-state index contributed by atoms with van der Waals surface area (Å²) in [5, 5.41) is 0. The molecular weight excluding hydrogens is 128 g/mol. The normalized spacial score (nSPS) is 9.56. The lowest BCUT2D eigenvalue weighted by molar-refractivity contribution is 0.229. The van der Waals surface area contributed by atoms with Gasteiger partial charge in [-0.15, -0.1) is 13.2 Å². The van der Waals surface area contributed by atoms with Crippen LogP contribution in [0.4, 0.5) is 0 Å². The van der Waals surface area contributed by atoms with Gasteiger partial charge in [0.2, 0.25) is 10.5 Å². The second-order valence-electron chi connectivity index (χ2n) is 1.79. The predicted octanol–water partition coefficient (Wildman–Crippen LogP) is 1.61. The van der Waals surface area contributed by atoms with Crippen molar-refractivity contribution >= 4 is 10.5 Å². The van der Waals surface area contributed by atoms with Gasteiger partial charge < -0.3 is 4.43 Å². The maximum absolute atomic E-state index is 4.89. The molecule has 0 atom stereocenters. The summed E-state index contributed by atoms with van der Waals surface area (Å²) in [6.45, 7) is 7.19. The molecule has 0 saturated carbocycles. The zero-order valence-electron chi connectivity index (χ0n) is 5.47. The van der Waals surface area contributed by atoms with Crippen LogP contribution < -0.4 is 0 Å². The van der Waals surface area contributed by atoms with Gasteiger partial charge in [0.1, 0.15) is 0 Å². The molecule has 0 aromatic heterocycles. The summed E-state index contributed by atoms with van der Waals surface area (Å²) >= 11 is 0. The first-order chi connectivity index (χ1) is 4.35. The molecule has 0 aromatic carbocycles. The van der Waals surface area contributed by atoms with Gasteiger partial charge in [0, 0.05) is 0 Å². The fourth-order valence-corrected chi connectivity index (χ4v) is 0.757. The molecule has 0 saturated heterocycles. The summed E-state index contributed by atoms with van der Waals surface area (Å²) in [6.07, 6.45) is 5.56. The van der Waals surface area contributed by atoms with Crippen LogP contribution in [0.5, 0.6) is 0 Å². The van der Waals surface area contributed by atoms with Crippen molar-refractivity contribution in [1.29, 1.82) is 0 Å². The average Bonchev–Trinajstić information content (AvgIpc) is 1.88. The Morgan fingerprint density at radius 1 is 1.33 bits per heavy atom. The minimum Gasteiger partial charge on any atom is -0.415 e. The molecule has 0 rings (SSSR count). The van der Waals surface area contributed by atoms with Crippen LogP contribution in [-0.4, -0.2) is 16.6 Å². The van der Waals surface area contributed by atoms with E-state index in [-0.39, 0.29) is 6.10 Å². The summed E-state index contributed by atoms with van der Waals surface area (Å²) in [5.74, 6) is 0. The fourth-order valence-electron chi connectivity index (χ4n) is 0.564. The van der Waals surface area contributed by atoms with Crippen molar-refractivity contribution in [2.45, 2.75) is 18.9 Å².